The molecule has 2 aromatic rings. The van der Waals surface area contributed by atoms with Crippen molar-refractivity contribution in [1.82, 2.24) is 19.5 Å². The van der Waals surface area contributed by atoms with E-state index in [2.05, 4.69) is 25.0 Å². The van der Waals surface area contributed by atoms with Crippen LogP contribution in [0.15, 0.2) is 16.2 Å². The summed E-state index contributed by atoms with van der Waals surface area (Å²) in [7, 11) is 0. The Hall–Kier alpha value is -2.66. The van der Waals surface area contributed by atoms with E-state index in [4.69, 9.17) is 16.0 Å². The van der Waals surface area contributed by atoms with Gasteiger partial charge in [0.1, 0.15) is 11.8 Å². The molecule has 1 saturated heterocycles. The molecule has 3 heterocycles. The summed E-state index contributed by atoms with van der Waals surface area (Å²) in [4.78, 5) is 24.7. The Kier molecular flexibility index (Phi) is 3.66. The van der Waals surface area contributed by atoms with Gasteiger partial charge in [0.15, 0.2) is 11.2 Å². The minimum Gasteiger partial charge on any atom is -0.393 e. The van der Waals surface area contributed by atoms with E-state index in [1.54, 1.807) is 0 Å². The number of aliphatic hydroxyl groups excluding tert-OH is 2. The van der Waals surface area contributed by atoms with Gasteiger partial charge in [-0.2, -0.15) is 4.98 Å². The third-order valence-electron chi connectivity index (χ3n) is 3.83. The standard InChI is InChI=1S/C11H14N8O4/c12-10-16-8-7(9(22)17-10)14-4-19(8)6-1-5(21)11(3-20,23-6)2-15-18-13/h4-6,20-21H,1-3H2,(H3,12,16,17,22)/t5?,6-,11-/m1/s1. The van der Waals surface area contributed by atoms with Gasteiger partial charge in [-0.1, -0.05) is 5.11 Å². The molecule has 12 heteroatoms. The van der Waals surface area contributed by atoms with Crippen LogP contribution >= 0.6 is 0 Å². The Morgan fingerprint density at radius 1 is 1.70 bits per heavy atom. The molecule has 0 aliphatic carbocycles. The molecule has 12 nitrogen and oxygen atoms in total. The molecular formula is C11H14N8O4. The largest absolute Gasteiger partial charge is 0.393 e. The van der Waals surface area contributed by atoms with Crippen LogP contribution in [0.3, 0.4) is 0 Å². The van der Waals surface area contributed by atoms with Crippen LogP contribution in [0.25, 0.3) is 21.6 Å². The third-order valence-corrected chi connectivity index (χ3v) is 3.83. The second kappa shape index (κ2) is 5.52. The van der Waals surface area contributed by atoms with Crippen LogP contribution < -0.4 is 11.3 Å². The molecule has 0 saturated carbocycles. The summed E-state index contributed by atoms with van der Waals surface area (Å²) >= 11 is 0. The second-order valence-electron chi connectivity index (χ2n) is 5.21. The SMILES string of the molecule is [N-]=[N+]=NC[C@]1(CO)O[C@@H](n2cnc3c(=O)[nH]c(N)nc32)CC1O. The van der Waals surface area contributed by atoms with E-state index in [9.17, 15) is 15.0 Å². The molecule has 2 aromatic heterocycles. The van der Waals surface area contributed by atoms with Crippen LogP contribution in [0, 0.1) is 0 Å². The van der Waals surface area contributed by atoms with Crippen LogP contribution in [0.2, 0.25) is 0 Å². The van der Waals surface area contributed by atoms with Crippen LogP contribution in [-0.2, 0) is 4.74 Å². The van der Waals surface area contributed by atoms with Gasteiger partial charge in [-0.05, 0) is 5.53 Å². The number of hydrogen-bond acceptors (Lipinski definition) is 8. The number of azide groups is 1. The summed E-state index contributed by atoms with van der Waals surface area (Å²) in [5, 5.41) is 23.1. The molecule has 0 radical (unpaired) electrons. The van der Waals surface area contributed by atoms with Gasteiger partial charge in [0, 0.05) is 11.3 Å². The first-order valence-corrected chi connectivity index (χ1v) is 6.70. The van der Waals surface area contributed by atoms with E-state index >= 15 is 0 Å². The third kappa shape index (κ3) is 2.39. The summed E-state index contributed by atoms with van der Waals surface area (Å²) in [6.07, 6.45) is -0.379. The van der Waals surface area contributed by atoms with Crippen molar-refractivity contribution in [2.24, 2.45) is 5.11 Å². The van der Waals surface area contributed by atoms with Crippen LogP contribution in [0.4, 0.5) is 5.95 Å². The predicted molar refractivity (Wildman–Crippen MR) is 77.1 cm³/mol. The minimum absolute atomic E-state index is 0.0776. The maximum absolute atomic E-state index is 11.8. The smallest absolute Gasteiger partial charge is 0.280 e. The highest BCUT2D eigenvalue weighted by molar-refractivity contribution is 5.70. The molecule has 1 aliphatic heterocycles. The van der Waals surface area contributed by atoms with Crippen molar-refractivity contribution in [1.29, 1.82) is 0 Å². The van der Waals surface area contributed by atoms with E-state index in [1.165, 1.54) is 10.9 Å². The number of rotatable bonds is 4. The van der Waals surface area contributed by atoms with E-state index < -0.39 is 30.1 Å². The molecule has 5 N–H and O–H groups in total. The van der Waals surface area contributed by atoms with Gasteiger partial charge in [-0.3, -0.25) is 14.3 Å². The van der Waals surface area contributed by atoms with E-state index in [-0.39, 0.29) is 30.1 Å². The monoisotopic (exact) mass is 322 g/mol. The van der Waals surface area contributed by atoms with Crippen LogP contribution in [-0.4, -0.2) is 54.6 Å². The van der Waals surface area contributed by atoms with Gasteiger partial charge in [0.05, 0.1) is 25.6 Å². The lowest BCUT2D eigenvalue weighted by atomic mass is 9.98. The Bertz CT molecular complexity index is 840. The van der Waals surface area contributed by atoms with Gasteiger partial charge < -0.3 is 20.7 Å². The number of nitrogens with zero attached hydrogens (tertiary/aromatic N) is 6. The van der Waals surface area contributed by atoms with Crippen LogP contribution in [0.1, 0.15) is 12.6 Å². The van der Waals surface area contributed by atoms with Crippen molar-refractivity contribution in [3.8, 4) is 0 Å². The molecule has 0 aromatic carbocycles. The fraction of sp³-hybridized carbons (Fsp3) is 0.545. The Morgan fingerprint density at radius 2 is 2.48 bits per heavy atom. The zero-order valence-electron chi connectivity index (χ0n) is 11.8. The number of nitrogen functional groups attached to an aromatic ring is 1. The number of aromatic amines is 1. The summed E-state index contributed by atoms with van der Waals surface area (Å²) < 4.78 is 7.15. The molecule has 0 bridgehead atoms. The summed E-state index contributed by atoms with van der Waals surface area (Å²) in [5.41, 5.74) is 12.3. The van der Waals surface area contributed by atoms with Gasteiger partial charge in [0.25, 0.3) is 5.56 Å². The number of hydrogen-bond donors (Lipinski definition) is 4. The van der Waals surface area contributed by atoms with Gasteiger partial charge in [-0.15, -0.1) is 0 Å². The average Bonchev–Trinajstić information content (AvgIpc) is 3.07. The minimum atomic E-state index is -1.42. The Morgan fingerprint density at radius 3 is 3.17 bits per heavy atom. The van der Waals surface area contributed by atoms with E-state index in [0.717, 1.165) is 0 Å². The predicted octanol–water partition coefficient (Wildman–Crippen LogP) is -0.977. The fourth-order valence-corrected chi connectivity index (χ4v) is 2.61. The first kappa shape index (κ1) is 15.2. The average molecular weight is 322 g/mol. The van der Waals surface area contributed by atoms with Gasteiger partial charge in [0.2, 0.25) is 5.95 Å². The number of fused-ring (bicyclic) bond motifs is 1. The van der Waals surface area contributed by atoms with Crippen molar-refractivity contribution >= 4 is 17.1 Å². The number of ether oxygens (including phenoxy) is 1. The highest BCUT2D eigenvalue weighted by Crippen LogP contribution is 2.37. The number of imidazole rings is 1. The number of aliphatic hydroxyl groups is 2. The van der Waals surface area contributed by atoms with Crippen molar-refractivity contribution in [3.63, 3.8) is 0 Å². The summed E-state index contributed by atoms with van der Waals surface area (Å²) in [5.74, 6) is -0.0784. The molecular weight excluding hydrogens is 308 g/mol. The zero-order valence-corrected chi connectivity index (χ0v) is 11.8. The number of nitrogens with one attached hydrogen (secondary N) is 1. The maximum Gasteiger partial charge on any atom is 0.280 e. The summed E-state index contributed by atoms with van der Waals surface area (Å²) in [6, 6.07) is 0. The topological polar surface area (TPSA) is 188 Å². The Balaban J connectivity index is 2.01. The van der Waals surface area contributed by atoms with Crippen molar-refractivity contribution < 1.29 is 14.9 Å². The summed E-state index contributed by atoms with van der Waals surface area (Å²) in [6.45, 7) is -0.771. The quantitative estimate of drug-likeness (QED) is 0.316. The fourth-order valence-electron chi connectivity index (χ4n) is 2.61. The molecule has 1 aliphatic rings. The van der Waals surface area contributed by atoms with Crippen molar-refractivity contribution in [3.05, 3.63) is 27.1 Å². The second-order valence-corrected chi connectivity index (χ2v) is 5.21. The number of aromatic nitrogens is 4. The molecule has 122 valence electrons. The lowest BCUT2D eigenvalue weighted by Crippen LogP contribution is -2.46. The highest BCUT2D eigenvalue weighted by Gasteiger charge is 2.48. The molecule has 1 fully saturated rings. The lowest BCUT2D eigenvalue weighted by molar-refractivity contribution is -0.120. The zero-order chi connectivity index (χ0) is 16.6. The molecule has 0 spiro atoms. The lowest BCUT2D eigenvalue weighted by Gasteiger charge is -2.28. The van der Waals surface area contributed by atoms with Crippen molar-refractivity contribution in [2.75, 3.05) is 18.9 Å². The molecule has 1 unspecified atom stereocenters. The van der Waals surface area contributed by atoms with E-state index in [1.807, 2.05) is 0 Å². The first-order chi connectivity index (χ1) is 11.0. The molecule has 0 amide bonds. The van der Waals surface area contributed by atoms with Crippen LogP contribution in [0.5, 0.6) is 0 Å². The maximum atomic E-state index is 11.8. The van der Waals surface area contributed by atoms with Gasteiger partial charge >= 0.3 is 0 Å². The number of nitrogens with two attached hydrogens (primary N) is 1. The van der Waals surface area contributed by atoms with E-state index in [0.29, 0.717) is 0 Å². The van der Waals surface area contributed by atoms with Gasteiger partial charge in [-0.25, -0.2) is 4.98 Å². The highest BCUT2D eigenvalue weighted by atomic mass is 16.6. The molecule has 23 heavy (non-hydrogen) atoms. The normalized spacial score (nSPS) is 27.2. The molecule has 3 atom stereocenters. The number of anilines is 1. The van der Waals surface area contributed by atoms with Crippen molar-refractivity contribution in [2.45, 2.75) is 24.4 Å². The number of H-pyrrole nitrogens is 1. The molecule has 3 rings (SSSR count). The Labute approximate surface area is 128 Å². The first-order valence-electron chi connectivity index (χ1n) is 6.70.